The Morgan fingerprint density at radius 3 is 1.93 bits per heavy atom. The van der Waals surface area contributed by atoms with Gasteiger partial charge in [-0.3, -0.25) is 0 Å². The van der Waals surface area contributed by atoms with E-state index in [2.05, 4.69) is 171 Å². The normalized spacial score (nSPS) is 11.0. The molecular weight excluding hydrogens is 595 g/mol. The molecule has 1 unspecified atom stereocenters. The molecule has 1 aliphatic carbocycles. The molecule has 0 nitrogen and oxygen atoms in total. The Hall–Kier alpha value is -3.93. The first-order valence-electron chi connectivity index (χ1n) is 15.4. The van der Waals surface area contributed by atoms with Gasteiger partial charge in [-0.25, -0.2) is 0 Å². The SMILES string of the molecule is Cc1ccccc1P[c-]1ccc2ccccc21.[Ti+2].[c-]1cccc2c1Cc1ccccc1-2.c1ccc(CCc2ccccc2)cc1. The van der Waals surface area contributed by atoms with Gasteiger partial charge in [0.1, 0.15) is 0 Å². The summed E-state index contributed by atoms with van der Waals surface area (Å²) >= 11 is 0. The van der Waals surface area contributed by atoms with E-state index in [0.29, 0.717) is 0 Å². The third-order valence-corrected chi connectivity index (χ3v) is 9.64. The Labute approximate surface area is 285 Å². The zero-order valence-electron chi connectivity index (χ0n) is 25.7. The number of fused-ring (bicyclic) bond motifs is 4. The van der Waals surface area contributed by atoms with Crippen LogP contribution in [0.15, 0.2) is 164 Å². The van der Waals surface area contributed by atoms with E-state index in [-0.39, 0.29) is 21.7 Å². The Bertz CT molecular complexity index is 1840. The van der Waals surface area contributed by atoms with Crippen molar-refractivity contribution in [1.29, 1.82) is 0 Å². The van der Waals surface area contributed by atoms with E-state index >= 15 is 0 Å². The molecule has 1 atom stereocenters. The number of hydrogen-bond donors (Lipinski definition) is 0. The van der Waals surface area contributed by atoms with Crippen molar-refractivity contribution in [3.63, 3.8) is 0 Å². The fourth-order valence-electron chi connectivity index (χ4n) is 5.69. The predicted octanol–water partition coefficient (Wildman–Crippen LogP) is 10.0. The van der Waals surface area contributed by atoms with Crippen LogP contribution in [-0.2, 0) is 41.0 Å². The molecule has 0 saturated carbocycles. The summed E-state index contributed by atoms with van der Waals surface area (Å²) in [5.41, 5.74) is 9.72. The van der Waals surface area contributed by atoms with E-state index in [4.69, 9.17) is 0 Å². The molecule has 0 aliphatic heterocycles. The Morgan fingerprint density at radius 1 is 0.600 bits per heavy atom. The summed E-state index contributed by atoms with van der Waals surface area (Å²) < 4.78 is 0. The molecule has 0 spiro atoms. The molecule has 8 rings (SSSR count). The minimum atomic E-state index is 0. The summed E-state index contributed by atoms with van der Waals surface area (Å²) in [7, 11) is 0.754. The maximum Gasteiger partial charge on any atom is 2.00 e. The van der Waals surface area contributed by atoms with E-state index in [1.807, 2.05) is 6.07 Å². The van der Waals surface area contributed by atoms with E-state index in [9.17, 15) is 0 Å². The molecule has 0 aromatic heterocycles. The number of benzene rings is 6. The minimum absolute atomic E-state index is 0. The van der Waals surface area contributed by atoms with Crippen molar-refractivity contribution in [2.24, 2.45) is 0 Å². The molecule has 7 aromatic carbocycles. The Balaban J connectivity index is 0.000000133. The van der Waals surface area contributed by atoms with Gasteiger partial charge in [-0.1, -0.05) is 126 Å². The van der Waals surface area contributed by atoms with Gasteiger partial charge in [0.05, 0.1) is 0 Å². The zero-order valence-corrected chi connectivity index (χ0v) is 28.3. The van der Waals surface area contributed by atoms with Crippen LogP contribution in [0.4, 0.5) is 0 Å². The monoisotopic (exact) mass is 632 g/mol. The molecule has 0 radical (unpaired) electrons. The van der Waals surface area contributed by atoms with Crippen molar-refractivity contribution >= 4 is 30.0 Å². The molecule has 0 bridgehead atoms. The van der Waals surface area contributed by atoms with Crippen molar-refractivity contribution in [3.05, 3.63) is 198 Å². The van der Waals surface area contributed by atoms with Crippen LogP contribution in [0.5, 0.6) is 0 Å². The third-order valence-electron chi connectivity index (χ3n) is 8.10. The average Bonchev–Trinajstić information content (AvgIpc) is 3.68. The molecule has 45 heavy (non-hydrogen) atoms. The summed E-state index contributed by atoms with van der Waals surface area (Å²) in [6, 6.07) is 61.1. The molecule has 7 aromatic rings. The summed E-state index contributed by atoms with van der Waals surface area (Å²) in [5.74, 6) is 0. The fourth-order valence-corrected chi connectivity index (χ4v) is 6.97. The Kier molecular flexibility index (Phi) is 11.8. The van der Waals surface area contributed by atoms with E-state index in [0.717, 1.165) is 27.8 Å². The van der Waals surface area contributed by atoms with Crippen LogP contribution >= 0.6 is 8.58 Å². The van der Waals surface area contributed by atoms with Crippen LogP contribution in [0.1, 0.15) is 27.8 Å². The second-order valence-corrected chi connectivity index (χ2v) is 12.5. The van der Waals surface area contributed by atoms with Gasteiger partial charge in [0.25, 0.3) is 0 Å². The summed E-state index contributed by atoms with van der Waals surface area (Å²) in [5, 5.41) is 5.65. The van der Waals surface area contributed by atoms with Crippen LogP contribution in [0.3, 0.4) is 0 Å². The molecule has 1 aliphatic rings. The van der Waals surface area contributed by atoms with Crippen LogP contribution < -0.4 is 10.6 Å². The average molecular weight is 633 g/mol. The van der Waals surface area contributed by atoms with Crippen LogP contribution in [0.25, 0.3) is 21.9 Å². The fraction of sp³-hybridized carbons (Fsp3) is 0.0930. The van der Waals surface area contributed by atoms with Crippen LogP contribution in [-0.4, -0.2) is 0 Å². The smallest absolute Gasteiger partial charge is 0.179 e. The Morgan fingerprint density at radius 2 is 1.20 bits per heavy atom. The number of aryl methyl sites for hydroxylation is 3. The van der Waals surface area contributed by atoms with Gasteiger partial charge in [0, 0.05) is 0 Å². The molecule has 0 amide bonds. The van der Waals surface area contributed by atoms with Crippen molar-refractivity contribution < 1.29 is 21.7 Å². The molecule has 0 saturated heterocycles. The molecule has 0 heterocycles. The molecule has 218 valence electrons. The van der Waals surface area contributed by atoms with Gasteiger partial charge in [-0.2, -0.15) is 35.9 Å². The maximum absolute atomic E-state index is 3.30. The van der Waals surface area contributed by atoms with Gasteiger partial charge in [0.15, 0.2) is 0 Å². The van der Waals surface area contributed by atoms with Gasteiger partial charge >= 0.3 is 21.7 Å². The molecule has 0 fully saturated rings. The summed E-state index contributed by atoms with van der Waals surface area (Å²) in [4.78, 5) is 0. The first-order chi connectivity index (χ1) is 21.7. The quantitative estimate of drug-likeness (QED) is 0.101. The van der Waals surface area contributed by atoms with Gasteiger partial charge in [-0.15, -0.1) is 54.5 Å². The van der Waals surface area contributed by atoms with Crippen molar-refractivity contribution in [3.8, 4) is 11.1 Å². The van der Waals surface area contributed by atoms with Crippen molar-refractivity contribution in [2.75, 3.05) is 0 Å². The second-order valence-electron chi connectivity index (χ2n) is 11.1. The van der Waals surface area contributed by atoms with Crippen molar-refractivity contribution in [2.45, 2.75) is 26.2 Å². The number of hydrogen-bond acceptors (Lipinski definition) is 0. The molecule has 2 heteroatoms. The largest absolute Gasteiger partial charge is 2.00 e. The van der Waals surface area contributed by atoms with Crippen LogP contribution in [0, 0.1) is 13.0 Å². The predicted molar refractivity (Wildman–Crippen MR) is 192 cm³/mol. The van der Waals surface area contributed by atoms with Crippen LogP contribution in [0.2, 0.25) is 0 Å². The van der Waals surface area contributed by atoms with E-state index in [1.165, 1.54) is 60.3 Å². The minimum Gasteiger partial charge on any atom is -0.179 e. The molecular formula is C43H37PTi. The van der Waals surface area contributed by atoms with Gasteiger partial charge < -0.3 is 0 Å². The zero-order chi connectivity index (χ0) is 30.0. The topological polar surface area (TPSA) is 0 Å². The van der Waals surface area contributed by atoms with E-state index in [1.54, 1.807) is 0 Å². The second kappa shape index (κ2) is 16.4. The van der Waals surface area contributed by atoms with Crippen molar-refractivity contribution in [1.82, 2.24) is 0 Å². The third kappa shape index (κ3) is 8.62. The standard InChI is InChI=1S/C16H14P.C14H14.C13H9.Ti/c1-12-6-2-5-9-15(12)17-16-11-10-13-7-3-4-8-14(13)16;1-3-7-13(8-4-1)11-12-14-9-5-2-6-10-14;1-3-7-12-10(5-1)9-11-6-2-4-8-13(11)12;/h2-11,17H,1H3;1-10H,11-12H2;1-5,7-8H,9H2;/q-1;;-1;+2. The first kappa shape index (κ1) is 32.5. The number of rotatable bonds is 5. The summed E-state index contributed by atoms with van der Waals surface area (Å²) in [6.07, 6.45) is 3.31. The summed E-state index contributed by atoms with van der Waals surface area (Å²) in [6.45, 7) is 2.19. The van der Waals surface area contributed by atoms with Gasteiger partial charge in [-0.05, 0) is 48.2 Å². The van der Waals surface area contributed by atoms with E-state index < -0.39 is 0 Å². The van der Waals surface area contributed by atoms with Gasteiger partial charge in [0.2, 0.25) is 0 Å². The first-order valence-corrected chi connectivity index (χ1v) is 16.4. The molecule has 0 N–H and O–H groups in total. The maximum atomic E-state index is 3.30.